The molecule has 5 nitrogen and oxygen atoms in total. The van der Waals surface area contributed by atoms with Gasteiger partial charge >= 0.3 is 0 Å². The first-order valence-electron chi connectivity index (χ1n) is 4.80. The number of hydrogen-bond acceptors (Lipinski definition) is 4. The van der Waals surface area contributed by atoms with Crippen LogP contribution in [-0.2, 0) is 6.54 Å². The lowest BCUT2D eigenvalue weighted by molar-refractivity contribution is 0.644. The first-order chi connectivity index (χ1) is 7.31. The zero-order valence-electron chi connectivity index (χ0n) is 8.23. The van der Waals surface area contributed by atoms with Crippen molar-refractivity contribution >= 4 is 28.7 Å². The van der Waals surface area contributed by atoms with Crippen molar-refractivity contribution in [2.24, 2.45) is 0 Å². The SMILES string of the molecule is Nc1ncc2ncn(CCCCCl)c2n1. The predicted molar refractivity (Wildman–Crippen MR) is 59.7 cm³/mol. The normalized spacial score (nSPS) is 11.0. The molecule has 0 aliphatic rings. The van der Waals surface area contributed by atoms with Crippen LogP contribution in [0.2, 0.25) is 0 Å². The maximum atomic E-state index is 5.61. The highest BCUT2D eigenvalue weighted by atomic mass is 35.5. The Kier molecular flexibility index (Phi) is 3.01. The molecule has 0 aromatic carbocycles. The molecule has 2 rings (SSSR count). The van der Waals surface area contributed by atoms with Gasteiger partial charge in [-0.05, 0) is 12.8 Å². The van der Waals surface area contributed by atoms with Gasteiger partial charge in [0.1, 0.15) is 5.52 Å². The number of alkyl halides is 1. The molecule has 2 aromatic heterocycles. The van der Waals surface area contributed by atoms with Gasteiger partial charge in [-0.3, -0.25) is 0 Å². The molecule has 0 unspecified atom stereocenters. The Morgan fingerprint density at radius 1 is 1.33 bits per heavy atom. The van der Waals surface area contributed by atoms with Crippen LogP contribution in [0.3, 0.4) is 0 Å². The molecular formula is C9H12ClN5. The number of aromatic nitrogens is 4. The molecule has 2 aromatic rings. The minimum atomic E-state index is 0.279. The highest BCUT2D eigenvalue weighted by Gasteiger charge is 2.04. The van der Waals surface area contributed by atoms with Gasteiger partial charge in [-0.1, -0.05) is 0 Å². The van der Waals surface area contributed by atoms with Crippen LogP contribution < -0.4 is 5.73 Å². The fraction of sp³-hybridized carbons (Fsp3) is 0.444. The van der Waals surface area contributed by atoms with Gasteiger partial charge in [0.2, 0.25) is 5.95 Å². The number of nitrogens with two attached hydrogens (primary N) is 1. The highest BCUT2D eigenvalue weighted by molar-refractivity contribution is 6.17. The minimum Gasteiger partial charge on any atom is -0.368 e. The quantitative estimate of drug-likeness (QED) is 0.631. The average Bonchev–Trinajstić information content (AvgIpc) is 2.62. The van der Waals surface area contributed by atoms with Crippen molar-refractivity contribution in [3.63, 3.8) is 0 Å². The number of fused-ring (bicyclic) bond motifs is 1. The maximum absolute atomic E-state index is 5.61. The number of rotatable bonds is 4. The fourth-order valence-corrected chi connectivity index (χ4v) is 1.60. The summed E-state index contributed by atoms with van der Waals surface area (Å²) in [6.45, 7) is 0.861. The van der Waals surface area contributed by atoms with E-state index in [0.29, 0.717) is 5.88 Å². The van der Waals surface area contributed by atoms with Gasteiger partial charge in [-0.25, -0.2) is 9.97 Å². The average molecular weight is 226 g/mol. The summed E-state index contributed by atoms with van der Waals surface area (Å²) in [5, 5.41) is 0. The molecule has 0 spiro atoms. The summed E-state index contributed by atoms with van der Waals surface area (Å²) < 4.78 is 1.97. The first kappa shape index (κ1) is 10.2. The zero-order chi connectivity index (χ0) is 10.7. The van der Waals surface area contributed by atoms with Crippen LogP contribution in [0, 0.1) is 0 Å². The summed E-state index contributed by atoms with van der Waals surface area (Å²) in [5.74, 6) is 0.964. The van der Waals surface area contributed by atoms with Gasteiger partial charge in [-0.15, -0.1) is 11.6 Å². The number of imidazole rings is 1. The van der Waals surface area contributed by atoms with Crippen molar-refractivity contribution in [3.05, 3.63) is 12.5 Å². The molecule has 0 bridgehead atoms. The third-order valence-corrected chi connectivity index (χ3v) is 2.43. The van der Waals surface area contributed by atoms with Crippen LogP contribution in [0.15, 0.2) is 12.5 Å². The zero-order valence-corrected chi connectivity index (χ0v) is 8.98. The number of nitrogens with zero attached hydrogens (tertiary/aromatic N) is 4. The number of hydrogen-bond donors (Lipinski definition) is 1. The van der Waals surface area contributed by atoms with Gasteiger partial charge in [-0.2, -0.15) is 4.98 Å². The van der Waals surface area contributed by atoms with Crippen LogP contribution >= 0.6 is 11.6 Å². The van der Waals surface area contributed by atoms with Crippen LogP contribution in [0.25, 0.3) is 11.2 Å². The molecule has 2 N–H and O–H groups in total. The molecule has 0 aliphatic carbocycles. The Balaban J connectivity index is 2.23. The summed E-state index contributed by atoms with van der Waals surface area (Å²) in [7, 11) is 0. The molecule has 0 radical (unpaired) electrons. The van der Waals surface area contributed by atoms with Crippen LogP contribution in [0.1, 0.15) is 12.8 Å². The van der Waals surface area contributed by atoms with Gasteiger partial charge in [0.05, 0.1) is 12.5 Å². The van der Waals surface area contributed by atoms with E-state index in [1.165, 1.54) is 0 Å². The summed E-state index contributed by atoms with van der Waals surface area (Å²) in [6.07, 6.45) is 5.39. The van der Waals surface area contributed by atoms with E-state index >= 15 is 0 Å². The second-order valence-electron chi connectivity index (χ2n) is 3.27. The second kappa shape index (κ2) is 4.44. The van der Waals surface area contributed by atoms with Crippen molar-refractivity contribution in [2.45, 2.75) is 19.4 Å². The lowest BCUT2D eigenvalue weighted by Crippen LogP contribution is -2.00. The number of nitrogen functional groups attached to an aromatic ring is 1. The Morgan fingerprint density at radius 2 is 2.20 bits per heavy atom. The molecule has 15 heavy (non-hydrogen) atoms. The van der Waals surface area contributed by atoms with Crippen LogP contribution in [0.4, 0.5) is 5.95 Å². The van der Waals surface area contributed by atoms with Crippen molar-refractivity contribution in [1.82, 2.24) is 19.5 Å². The van der Waals surface area contributed by atoms with Crippen LogP contribution in [-0.4, -0.2) is 25.4 Å². The van der Waals surface area contributed by atoms with E-state index in [1.807, 2.05) is 4.57 Å². The molecule has 0 amide bonds. The largest absolute Gasteiger partial charge is 0.368 e. The number of aryl methyl sites for hydroxylation is 1. The Hall–Kier alpha value is -1.36. The van der Waals surface area contributed by atoms with E-state index in [1.54, 1.807) is 12.5 Å². The Labute approximate surface area is 92.3 Å². The standard InChI is InChI=1S/C9H12ClN5/c10-3-1-2-4-15-6-13-7-5-12-9(11)14-8(7)15/h5-6H,1-4H2,(H2,11,12,14). The van der Waals surface area contributed by atoms with Gasteiger partial charge in [0.15, 0.2) is 5.65 Å². The fourth-order valence-electron chi connectivity index (χ4n) is 1.41. The molecule has 6 heteroatoms. The molecule has 80 valence electrons. The summed E-state index contributed by atoms with van der Waals surface area (Å²) >= 11 is 5.61. The number of unbranched alkanes of at least 4 members (excludes halogenated alkanes) is 1. The Bertz CT molecular complexity index is 453. The molecule has 0 saturated heterocycles. The van der Waals surface area contributed by atoms with Crippen molar-refractivity contribution in [3.8, 4) is 0 Å². The predicted octanol–water partition coefficient (Wildman–Crippen LogP) is 1.43. The smallest absolute Gasteiger partial charge is 0.222 e. The summed E-state index contributed by atoms with van der Waals surface area (Å²) in [6, 6.07) is 0. The van der Waals surface area contributed by atoms with E-state index in [2.05, 4.69) is 15.0 Å². The van der Waals surface area contributed by atoms with Crippen molar-refractivity contribution in [2.75, 3.05) is 11.6 Å². The molecule has 0 fully saturated rings. The lowest BCUT2D eigenvalue weighted by atomic mass is 10.3. The number of halogens is 1. The Morgan fingerprint density at radius 3 is 3.00 bits per heavy atom. The van der Waals surface area contributed by atoms with E-state index < -0.39 is 0 Å². The van der Waals surface area contributed by atoms with Gasteiger partial charge in [0.25, 0.3) is 0 Å². The summed E-state index contributed by atoms with van der Waals surface area (Å²) in [5.41, 5.74) is 7.08. The monoisotopic (exact) mass is 225 g/mol. The lowest BCUT2D eigenvalue weighted by Gasteiger charge is -2.01. The molecule has 0 aliphatic heterocycles. The third-order valence-electron chi connectivity index (χ3n) is 2.16. The molecule has 2 heterocycles. The topological polar surface area (TPSA) is 69.6 Å². The van der Waals surface area contributed by atoms with E-state index in [-0.39, 0.29) is 5.95 Å². The second-order valence-corrected chi connectivity index (χ2v) is 3.65. The van der Waals surface area contributed by atoms with Crippen molar-refractivity contribution < 1.29 is 0 Å². The van der Waals surface area contributed by atoms with Crippen molar-refractivity contribution in [1.29, 1.82) is 0 Å². The maximum Gasteiger partial charge on any atom is 0.222 e. The van der Waals surface area contributed by atoms with Gasteiger partial charge in [0, 0.05) is 12.4 Å². The molecule has 0 saturated carbocycles. The third kappa shape index (κ3) is 2.18. The summed E-state index contributed by atoms with van der Waals surface area (Å²) in [4.78, 5) is 12.2. The highest BCUT2D eigenvalue weighted by Crippen LogP contribution is 2.10. The van der Waals surface area contributed by atoms with Crippen LogP contribution in [0.5, 0.6) is 0 Å². The number of anilines is 1. The molecule has 0 atom stereocenters. The molecular weight excluding hydrogens is 214 g/mol. The van der Waals surface area contributed by atoms with E-state index in [4.69, 9.17) is 17.3 Å². The first-order valence-corrected chi connectivity index (χ1v) is 5.34. The minimum absolute atomic E-state index is 0.279. The van der Waals surface area contributed by atoms with E-state index in [0.717, 1.165) is 30.6 Å². The van der Waals surface area contributed by atoms with Gasteiger partial charge < -0.3 is 10.3 Å². The van der Waals surface area contributed by atoms with E-state index in [9.17, 15) is 0 Å².